The molecule has 0 amide bonds. The number of ether oxygens (including phenoxy) is 1. The van der Waals surface area contributed by atoms with E-state index < -0.39 is 27.0 Å². The molecule has 0 aromatic heterocycles. The molecule has 3 aromatic rings. The number of hydrogen-bond acceptors (Lipinski definition) is 6. The summed E-state index contributed by atoms with van der Waals surface area (Å²) in [5.41, 5.74) is 2.65. The van der Waals surface area contributed by atoms with E-state index in [0.29, 0.717) is 16.7 Å². The van der Waals surface area contributed by atoms with Crippen molar-refractivity contribution in [1.29, 1.82) is 0 Å². The Hall–Kier alpha value is -3.72. The Balaban J connectivity index is 1.98. The van der Waals surface area contributed by atoms with Crippen molar-refractivity contribution in [3.05, 3.63) is 88.0 Å². The minimum absolute atomic E-state index is 0.0608. The number of nitro benzene ring substituents is 1. The number of sulfonamides is 1. The first-order valence-electron chi connectivity index (χ1n) is 10.4. The summed E-state index contributed by atoms with van der Waals surface area (Å²) in [6.07, 6.45) is -0.202. The van der Waals surface area contributed by atoms with Crippen LogP contribution in [0, 0.1) is 17.0 Å². The molecule has 1 aliphatic rings. The summed E-state index contributed by atoms with van der Waals surface area (Å²) in [4.78, 5) is 23.5. The van der Waals surface area contributed by atoms with Gasteiger partial charge in [0.1, 0.15) is 0 Å². The molecule has 0 saturated heterocycles. The van der Waals surface area contributed by atoms with E-state index in [1.54, 1.807) is 43.3 Å². The van der Waals surface area contributed by atoms with Crippen molar-refractivity contribution in [3.63, 3.8) is 0 Å². The molecule has 170 valence electrons. The molecule has 9 heteroatoms. The van der Waals surface area contributed by atoms with Gasteiger partial charge in [0.2, 0.25) is 0 Å². The summed E-state index contributed by atoms with van der Waals surface area (Å²) in [5, 5.41) is 11.4. The standard InChI is InChI=1S/C24H22N2O6S/c1-3-32-24(27)15-23-20-7-5-4-6-19(20)21-14-17(26(28)29)10-13-22(21)25(23)33(30,31)18-11-8-16(2)9-12-18/h4-14,23H,3,15H2,1-2H3. The monoisotopic (exact) mass is 466 g/mol. The van der Waals surface area contributed by atoms with Crippen LogP contribution in [0.4, 0.5) is 11.4 Å². The number of carbonyl (C=O) groups is 1. The third-order valence-corrected chi connectivity index (χ3v) is 7.40. The topological polar surface area (TPSA) is 107 Å². The highest BCUT2D eigenvalue weighted by atomic mass is 32.2. The largest absolute Gasteiger partial charge is 0.466 e. The van der Waals surface area contributed by atoms with E-state index in [2.05, 4.69) is 0 Å². The predicted octanol–water partition coefficient (Wildman–Crippen LogP) is 4.77. The summed E-state index contributed by atoms with van der Waals surface area (Å²) in [6, 6.07) is 16.6. The van der Waals surface area contributed by atoms with Gasteiger partial charge in [0, 0.05) is 17.7 Å². The maximum Gasteiger partial charge on any atom is 0.308 e. The number of esters is 1. The molecule has 0 spiro atoms. The predicted molar refractivity (Wildman–Crippen MR) is 123 cm³/mol. The van der Waals surface area contributed by atoms with Crippen molar-refractivity contribution in [1.82, 2.24) is 0 Å². The third-order valence-electron chi connectivity index (χ3n) is 5.56. The first-order chi connectivity index (χ1) is 15.7. The highest BCUT2D eigenvalue weighted by Crippen LogP contribution is 2.49. The quantitative estimate of drug-likeness (QED) is 0.294. The fourth-order valence-corrected chi connectivity index (χ4v) is 5.71. The second-order valence-electron chi connectivity index (χ2n) is 7.68. The van der Waals surface area contributed by atoms with Crippen LogP contribution in [0.25, 0.3) is 11.1 Å². The average molecular weight is 467 g/mol. The van der Waals surface area contributed by atoms with Crippen molar-refractivity contribution in [2.45, 2.75) is 31.2 Å². The minimum atomic E-state index is -4.12. The van der Waals surface area contributed by atoms with Gasteiger partial charge in [-0.05, 0) is 43.2 Å². The van der Waals surface area contributed by atoms with E-state index >= 15 is 0 Å². The first-order valence-corrected chi connectivity index (χ1v) is 11.8. The average Bonchev–Trinajstić information content (AvgIpc) is 2.79. The Kier molecular flexibility index (Phi) is 5.90. The fraction of sp³-hybridized carbons (Fsp3) is 0.208. The van der Waals surface area contributed by atoms with Gasteiger partial charge < -0.3 is 4.74 Å². The second kappa shape index (κ2) is 8.67. The van der Waals surface area contributed by atoms with E-state index in [9.17, 15) is 23.3 Å². The lowest BCUT2D eigenvalue weighted by Gasteiger charge is -2.38. The molecule has 0 radical (unpaired) electrons. The van der Waals surface area contributed by atoms with Crippen LogP contribution in [0.1, 0.15) is 30.5 Å². The maximum atomic E-state index is 13.9. The highest BCUT2D eigenvalue weighted by Gasteiger charge is 2.40. The number of aryl methyl sites for hydroxylation is 1. The molecule has 8 nitrogen and oxygen atoms in total. The van der Waals surface area contributed by atoms with E-state index in [1.165, 1.54) is 34.6 Å². The first kappa shape index (κ1) is 22.5. The van der Waals surface area contributed by atoms with Crippen LogP contribution in [0.2, 0.25) is 0 Å². The van der Waals surface area contributed by atoms with Crippen molar-refractivity contribution in [3.8, 4) is 11.1 Å². The zero-order chi connectivity index (χ0) is 23.8. The zero-order valence-corrected chi connectivity index (χ0v) is 18.9. The molecule has 0 saturated carbocycles. The summed E-state index contributed by atoms with van der Waals surface area (Å²) < 4.78 is 34.1. The number of hydrogen-bond donors (Lipinski definition) is 0. The van der Waals surface area contributed by atoms with E-state index in [0.717, 1.165) is 5.56 Å². The Labute approximate surface area is 191 Å². The molecule has 0 aliphatic carbocycles. The van der Waals surface area contributed by atoms with Gasteiger partial charge in [0.05, 0.1) is 34.6 Å². The number of rotatable bonds is 6. The summed E-state index contributed by atoms with van der Waals surface area (Å²) in [5.74, 6) is -0.535. The SMILES string of the molecule is CCOC(=O)CC1c2ccccc2-c2cc([N+](=O)[O-])ccc2N1S(=O)(=O)c1ccc(C)cc1. The number of nitrogens with zero attached hydrogens (tertiary/aromatic N) is 2. The molecule has 0 N–H and O–H groups in total. The summed E-state index contributed by atoms with van der Waals surface area (Å²) >= 11 is 0. The molecule has 33 heavy (non-hydrogen) atoms. The Bertz CT molecular complexity index is 1340. The molecule has 1 unspecified atom stereocenters. The van der Waals surface area contributed by atoms with E-state index in [1.807, 2.05) is 6.92 Å². The van der Waals surface area contributed by atoms with Gasteiger partial charge >= 0.3 is 5.97 Å². The van der Waals surface area contributed by atoms with Crippen LogP contribution < -0.4 is 4.31 Å². The van der Waals surface area contributed by atoms with E-state index in [4.69, 9.17) is 4.74 Å². The Morgan fingerprint density at radius 2 is 1.76 bits per heavy atom. The Morgan fingerprint density at radius 3 is 2.42 bits per heavy atom. The zero-order valence-electron chi connectivity index (χ0n) is 18.1. The van der Waals surface area contributed by atoms with Crippen molar-refractivity contribution in [2.24, 2.45) is 0 Å². The van der Waals surface area contributed by atoms with Crippen LogP contribution in [-0.2, 0) is 19.6 Å². The van der Waals surface area contributed by atoms with Crippen LogP contribution in [-0.4, -0.2) is 25.9 Å². The number of non-ortho nitro benzene ring substituents is 1. The molecule has 0 bridgehead atoms. The molecule has 1 aliphatic heterocycles. The molecule has 0 fully saturated rings. The maximum absolute atomic E-state index is 13.9. The normalized spacial score (nSPS) is 14.8. The van der Waals surface area contributed by atoms with Gasteiger partial charge in [-0.3, -0.25) is 19.2 Å². The van der Waals surface area contributed by atoms with Crippen molar-refractivity contribution >= 4 is 27.4 Å². The fourth-order valence-electron chi connectivity index (χ4n) is 4.06. The Morgan fingerprint density at radius 1 is 1.06 bits per heavy atom. The molecule has 1 heterocycles. The molecule has 4 rings (SSSR count). The lowest BCUT2D eigenvalue weighted by molar-refractivity contribution is -0.384. The second-order valence-corrected chi connectivity index (χ2v) is 9.50. The van der Waals surface area contributed by atoms with Gasteiger partial charge in [-0.2, -0.15) is 0 Å². The molecular formula is C24H22N2O6S. The molecule has 3 aromatic carbocycles. The third kappa shape index (κ3) is 4.07. The van der Waals surface area contributed by atoms with E-state index in [-0.39, 0.29) is 29.3 Å². The van der Waals surface area contributed by atoms with Crippen LogP contribution in [0.3, 0.4) is 0 Å². The van der Waals surface area contributed by atoms with Gasteiger partial charge in [-0.1, -0.05) is 42.0 Å². The van der Waals surface area contributed by atoms with Gasteiger partial charge in [0.15, 0.2) is 0 Å². The lowest BCUT2D eigenvalue weighted by atomic mass is 9.88. The number of nitro groups is 1. The van der Waals surface area contributed by atoms with Gasteiger partial charge in [0.25, 0.3) is 15.7 Å². The van der Waals surface area contributed by atoms with Crippen LogP contribution in [0.15, 0.2) is 71.6 Å². The van der Waals surface area contributed by atoms with Crippen molar-refractivity contribution in [2.75, 3.05) is 10.9 Å². The van der Waals surface area contributed by atoms with Crippen LogP contribution in [0.5, 0.6) is 0 Å². The van der Waals surface area contributed by atoms with Crippen LogP contribution >= 0.6 is 0 Å². The highest BCUT2D eigenvalue weighted by molar-refractivity contribution is 7.92. The van der Waals surface area contributed by atoms with Gasteiger partial charge in [-0.15, -0.1) is 0 Å². The number of anilines is 1. The van der Waals surface area contributed by atoms with Gasteiger partial charge in [-0.25, -0.2) is 8.42 Å². The van der Waals surface area contributed by atoms with Crippen molar-refractivity contribution < 1.29 is 22.9 Å². The smallest absolute Gasteiger partial charge is 0.308 e. The molecular weight excluding hydrogens is 444 g/mol. The lowest BCUT2D eigenvalue weighted by Crippen LogP contribution is -2.39. The molecule has 1 atom stereocenters. The summed E-state index contributed by atoms with van der Waals surface area (Å²) in [6.45, 7) is 3.70. The number of fused-ring (bicyclic) bond motifs is 3. The number of benzene rings is 3. The minimum Gasteiger partial charge on any atom is -0.466 e. The number of carbonyl (C=O) groups excluding carboxylic acids is 1. The summed E-state index contributed by atoms with van der Waals surface area (Å²) in [7, 11) is -4.12.